The molecule has 0 amide bonds. The lowest BCUT2D eigenvalue weighted by molar-refractivity contribution is 0.324. The molecule has 118 valence electrons. The summed E-state index contributed by atoms with van der Waals surface area (Å²) in [5, 5.41) is 3.55. The number of benzene rings is 1. The first kappa shape index (κ1) is 16.8. The average molecular weight is 353 g/mol. The van der Waals surface area contributed by atoms with Crippen molar-refractivity contribution >= 4 is 21.6 Å². The number of nitrogens with one attached hydrogen (secondary N) is 1. The van der Waals surface area contributed by atoms with Gasteiger partial charge in [0.2, 0.25) is 0 Å². The van der Waals surface area contributed by atoms with Crippen molar-refractivity contribution in [2.75, 3.05) is 18.0 Å². The lowest BCUT2D eigenvalue weighted by atomic mass is 9.88. The molecule has 0 saturated carbocycles. The van der Waals surface area contributed by atoms with Gasteiger partial charge < -0.3 is 10.2 Å². The predicted octanol–water partition coefficient (Wildman–Crippen LogP) is 4.82. The van der Waals surface area contributed by atoms with Crippen molar-refractivity contribution in [3.63, 3.8) is 0 Å². The van der Waals surface area contributed by atoms with E-state index in [-0.39, 0.29) is 5.54 Å². The van der Waals surface area contributed by atoms with Crippen LogP contribution in [0.4, 0.5) is 5.69 Å². The van der Waals surface area contributed by atoms with Gasteiger partial charge in [0.15, 0.2) is 0 Å². The minimum absolute atomic E-state index is 0.149. The highest BCUT2D eigenvalue weighted by Gasteiger charge is 2.23. The van der Waals surface area contributed by atoms with Crippen molar-refractivity contribution in [3.8, 4) is 0 Å². The number of hydrogen-bond acceptors (Lipinski definition) is 2. The summed E-state index contributed by atoms with van der Waals surface area (Å²) in [4.78, 5) is 2.52. The summed E-state index contributed by atoms with van der Waals surface area (Å²) in [7, 11) is 0. The lowest BCUT2D eigenvalue weighted by Crippen LogP contribution is -2.38. The molecule has 0 aliphatic carbocycles. The third kappa shape index (κ3) is 4.72. The molecule has 1 aromatic rings. The zero-order chi connectivity index (χ0) is 15.6. The van der Waals surface area contributed by atoms with Crippen LogP contribution in [0.5, 0.6) is 0 Å². The Labute approximate surface area is 138 Å². The smallest absolute Gasteiger partial charge is 0.0377 e. The molecule has 21 heavy (non-hydrogen) atoms. The lowest BCUT2D eigenvalue weighted by Gasteiger charge is -2.37. The third-order valence-corrected chi connectivity index (χ3v) is 5.28. The molecular formula is C18H29BrN2. The van der Waals surface area contributed by atoms with E-state index in [0.717, 1.165) is 18.4 Å². The molecule has 1 fully saturated rings. The summed E-state index contributed by atoms with van der Waals surface area (Å²) >= 11 is 3.74. The minimum Gasteiger partial charge on any atom is -0.371 e. The van der Waals surface area contributed by atoms with Crippen molar-refractivity contribution in [3.05, 3.63) is 28.2 Å². The van der Waals surface area contributed by atoms with Crippen LogP contribution in [0.1, 0.15) is 46.6 Å². The number of piperidine rings is 1. The first-order valence-corrected chi connectivity index (χ1v) is 8.84. The second-order valence-electron chi connectivity index (χ2n) is 7.57. The normalized spacial score (nSPS) is 23.4. The van der Waals surface area contributed by atoms with Crippen molar-refractivity contribution in [1.82, 2.24) is 5.32 Å². The summed E-state index contributed by atoms with van der Waals surface area (Å²) in [6.45, 7) is 14.6. The Bertz CT molecular complexity index is 479. The quantitative estimate of drug-likeness (QED) is 0.838. The van der Waals surface area contributed by atoms with Gasteiger partial charge in [0.25, 0.3) is 0 Å². The molecule has 1 aliphatic heterocycles. The van der Waals surface area contributed by atoms with Gasteiger partial charge in [-0.25, -0.2) is 0 Å². The fourth-order valence-corrected chi connectivity index (χ4v) is 3.24. The van der Waals surface area contributed by atoms with Crippen LogP contribution in [0.3, 0.4) is 0 Å². The Morgan fingerprint density at radius 3 is 2.52 bits per heavy atom. The SMILES string of the molecule is CC1CCN(c2ccc(CNC(C)(C)C)c(Br)c2)CC1C. The van der Waals surface area contributed by atoms with Gasteiger partial charge in [-0.3, -0.25) is 0 Å². The molecule has 3 heteroatoms. The molecule has 1 aliphatic rings. The second kappa shape index (κ2) is 6.70. The third-order valence-electron chi connectivity index (χ3n) is 4.55. The van der Waals surface area contributed by atoms with Gasteiger partial charge in [-0.05, 0) is 56.7 Å². The van der Waals surface area contributed by atoms with Gasteiger partial charge in [0.1, 0.15) is 0 Å². The van der Waals surface area contributed by atoms with Gasteiger partial charge in [0.05, 0.1) is 0 Å². The molecular weight excluding hydrogens is 324 g/mol. The molecule has 1 N–H and O–H groups in total. The molecule has 2 unspecified atom stereocenters. The van der Waals surface area contributed by atoms with Crippen LogP contribution in [0.15, 0.2) is 22.7 Å². The molecule has 0 bridgehead atoms. The standard InChI is InChI=1S/C18H29BrN2/c1-13-8-9-21(12-14(13)2)16-7-6-15(17(19)10-16)11-20-18(3,4)5/h6-7,10,13-14,20H,8-9,11-12H2,1-5H3. The van der Waals surface area contributed by atoms with Crippen molar-refractivity contribution < 1.29 is 0 Å². The van der Waals surface area contributed by atoms with Crippen molar-refractivity contribution in [1.29, 1.82) is 0 Å². The van der Waals surface area contributed by atoms with Crippen LogP contribution in [0.2, 0.25) is 0 Å². The number of rotatable bonds is 3. The molecule has 0 aromatic heterocycles. The molecule has 1 heterocycles. The van der Waals surface area contributed by atoms with Crippen LogP contribution in [-0.2, 0) is 6.54 Å². The number of halogens is 1. The van der Waals surface area contributed by atoms with E-state index >= 15 is 0 Å². The number of hydrogen-bond donors (Lipinski definition) is 1. The Morgan fingerprint density at radius 1 is 1.24 bits per heavy atom. The zero-order valence-corrected chi connectivity index (χ0v) is 15.6. The molecule has 1 aromatic carbocycles. The highest BCUT2D eigenvalue weighted by molar-refractivity contribution is 9.10. The van der Waals surface area contributed by atoms with E-state index in [1.165, 1.54) is 35.2 Å². The van der Waals surface area contributed by atoms with E-state index in [0.29, 0.717) is 0 Å². The van der Waals surface area contributed by atoms with Crippen LogP contribution in [0, 0.1) is 11.8 Å². The minimum atomic E-state index is 0.149. The Morgan fingerprint density at radius 2 is 1.95 bits per heavy atom. The van der Waals surface area contributed by atoms with Crippen LogP contribution in [-0.4, -0.2) is 18.6 Å². The topological polar surface area (TPSA) is 15.3 Å². The molecule has 2 nitrogen and oxygen atoms in total. The van der Waals surface area contributed by atoms with Gasteiger partial charge in [0, 0.05) is 35.3 Å². The summed E-state index contributed by atoms with van der Waals surface area (Å²) in [5.74, 6) is 1.62. The summed E-state index contributed by atoms with van der Waals surface area (Å²) in [5.41, 5.74) is 2.82. The van der Waals surface area contributed by atoms with Crippen LogP contribution < -0.4 is 10.2 Å². The zero-order valence-electron chi connectivity index (χ0n) is 14.0. The molecule has 2 rings (SSSR count). The van der Waals surface area contributed by atoms with Crippen molar-refractivity contribution in [2.24, 2.45) is 11.8 Å². The number of nitrogens with zero attached hydrogens (tertiary/aromatic N) is 1. The molecule has 0 radical (unpaired) electrons. The van der Waals surface area contributed by atoms with Crippen molar-refractivity contribution in [2.45, 2.75) is 53.1 Å². The first-order valence-electron chi connectivity index (χ1n) is 8.04. The monoisotopic (exact) mass is 352 g/mol. The average Bonchev–Trinajstić information content (AvgIpc) is 2.39. The summed E-state index contributed by atoms with van der Waals surface area (Å²) in [6, 6.07) is 6.80. The maximum Gasteiger partial charge on any atom is 0.0377 e. The molecule has 0 spiro atoms. The van der Waals surface area contributed by atoms with E-state index in [4.69, 9.17) is 0 Å². The van der Waals surface area contributed by atoms with E-state index in [1.54, 1.807) is 0 Å². The van der Waals surface area contributed by atoms with E-state index < -0.39 is 0 Å². The Balaban J connectivity index is 2.05. The van der Waals surface area contributed by atoms with Crippen LogP contribution in [0.25, 0.3) is 0 Å². The predicted molar refractivity (Wildman–Crippen MR) is 95.9 cm³/mol. The van der Waals surface area contributed by atoms with Gasteiger partial charge in [-0.1, -0.05) is 35.8 Å². The highest BCUT2D eigenvalue weighted by atomic mass is 79.9. The maximum absolute atomic E-state index is 3.74. The fraction of sp³-hybridized carbons (Fsp3) is 0.667. The fourth-order valence-electron chi connectivity index (χ4n) is 2.73. The maximum atomic E-state index is 3.74. The largest absolute Gasteiger partial charge is 0.371 e. The second-order valence-corrected chi connectivity index (χ2v) is 8.42. The number of anilines is 1. The van der Waals surface area contributed by atoms with E-state index in [9.17, 15) is 0 Å². The van der Waals surface area contributed by atoms with E-state index in [1.807, 2.05) is 0 Å². The Hall–Kier alpha value is -0.540. The molecule has 2 atom stereocenters. The molecule has 1 saturated heterocycles. The van der Waals surface area contributed by atoms with E-state index in [2.05, 4.69) is 79.0 Å². The van der Waals surface area contributed by atoms with Crippen LogP contribution >= 0.6 is 15.9 Å². The van der Waals surface area contributed by atoms with Gasteiger partial charge in [-0.2, -0.15) is 0 Å². The first-order chi connectivity index (χ1) is 9.76. The Kier molecular flexibility index (Phi) is 5.37. The van der Waals surface area contributed by atoms with Gasteiger partial charge >= 0.3 is 0 Å². The highest BCUT2D eigenvalue weighted by Crippen LogP contribution is 2.30. The van der Waals surface area contributed by atoms with Gasteiger partial charge in [-0.15, -0.1) is 0 Å². The summed E-state index contributed by atoms with van der Waals surface area (Å²) < 4.78 is 1.21. The summed E-state index contributed by atoms with van der Waals surface area (Å²) in [6.07, 6.45) is 1.30.